The molecule has 2 aromatic heterocycles. The van der Waals surface area contributed by atoms with E-state index in [4.69, 9.17) is 11.6 Å². The van der Waals surface area contributed by atoms with Crippen molar-refractivity contribution in [3.8, 4) is 5.69 Å². The van der Waals surface area contributed by atoms with Gasteiger partial charge in [0.05, 0.1) is 11.4 Å². The van der Waals surface area contributed by atoms with Crippen molar-refractivity contribution in [2.24, 2.45) is 0 Å². The van der Waals surface area contributed by atoms with Gasteiger partial charge in [0.25, 0.3) is 0 Å². The number of alkyl halides is 1. The number of aryl methyl sites for hydroxylation is 1. The Hall–Kier alpha value is -2.28. The predicted molar refractivity (Wildman–Crippen MR) is 72.7 cm³/mol. The second-order valence-corrected chi connectivity index (χ2v) is 4.57. The summed E-state index contributed by atoms with van der Waals surface area (Å²) in [7, 11) is 0. The standard InChI is InChI=1S/C12H12ClN7/c13-7-6-10-8-19(17-14-10)9-12-15-16-18-20(12)11-4-2-1-3-5-11/h1-5,8H,6-7,9H2. The molecule has 0 bridgehead atoms. The lowest BCUT2D eigenvalue weighted by Crippen LogP contribution is -2.09. The van der Waals surface area contributed by atoms with Crippen molar-refractivity contribution in [3.63, 3.8) is 0 Å². The summed E-state index contributed by atoms with van der Waals surface area (Å²) in [5.74, 6) is 1.22. The molecule has 2 heterocycles. The number of tetrazole rings is 1. The van der Waals surface area contributed by atoms with Crippen LogP contribution in [0, 0.1) is 0 Å². The third-order valence-electron chi connectivity index (χ3n) is 2.77. The van der Waals surface area contributed by atoms with Crippen molar-refractivity contribution in [1.82, 2.24) is 35.2 Å². The summed E-state index contributed by atoms with van der Waals surface area (Å²) in [5.41, 5.74) is 1.77. The van der Waals surface area contributed by atoms with E-state index in [1.807, 2.05) is 36.5 Å². The monoisotopic (exact) mass is 289 g/mol. The number of benzene rings is 1. The number of para-hydroxylation sites is 1. The topological polar surface area (TPSA) is 74.3 Å². The third-order valence-corrected chi connectivity index (χ3v) is 2.96. The summed E-state index contributed by atoms with van der Waals surface area (Å²) in [5, 5.41) is 19.8. The zero-order valence-electron chi connectivity index (χ0n) is 10.6. The average Bonchev–Trinajstić information content (AvgIpc) is 3.10. The molecule has 0 N–H and O–H groups in total. The van der Waals surface area contributed by atoms with Crippen molar-refractivity contribution in [2.45, 2.75) is 13.0 Å². The average molecular weight is 290 g/mol. The minimum Gasteiger partial charge on any atom is -0.245 e. The fourth-order valence-electron chi connectivity index (χ4n) is 1.85. The zero-order valence-corrected chi connectivity index (χ0v) is 11.3. The van der Waals surface area contributed by atoms with Crippen LogP contribution in [0.15, 0.2) is 36.5 Å². The van der Waals surface area contributed by atoms with E-state index in [-0.39, 0.29) is 0 Å². The minimum atomic E-state index is 0.456. The Labute approximate surface area is 120 Å². The van der Waals surface area contributed by atoms with Gasteiger partial charge in [-0.2, -0.15) is 4.68 Å². The first-order valence-corrected chi connectivity index (χ1v) is 6.68. The lowest BCUT2D eigenvalue weighted by molar-refractivity contribution is 0.609. The van der Waals surface area contributed by atoms with Crippen LogP contribution >= 0.6 is 11.6 Å². The van der Waals surface area contributed by atoms with Gasteiger partial charge in [0.15, 0.2) is 5.82 Å². The predicted octanol–water partition coefficient (Wildman–Crippen LogP) is 1.08. The van der Waals surface area contributed by atoms with Gasteiger partial charge in [-0.25, -0.2) is 4.68 Å². The fraction of sp³-hybridized carbons (Fsp3) is 0.250. The Morgan fingerprint density at radius 3 is 2.70 bits per heavy atom. The molecule has 3 rings (SSSR count). The molecular weight excluding hydrogens is 278 g/mol. The third kappa shape index (κ3) is 2.67. The highest BCUT2D eigenvalue weighted by Crippen LogP contribution is 2.08. The number of hydrogen-bond donors (Lipinski definition) is 0. The van der Waals surface area contributed by atoms with E-state index in [0.29, 0.717) is 24.7 Å². The first kappa shape index (κ1) is 12.7. The van der Waals surface area contributed by atoms with Crippen LogP contribution in [0.5, 0.6) is 0 Å². The molecule has 0 aliphatic rings. The Balaban J connectivity index is 1.83. The van der Waals surface area contributed by atoms with Crippen molar-refractivity contribution in [2.75, 3.05) is 5.88 Å². The minimum absolute atomic E-state index is 0.456. The van der Waals surface area contributed by atoms with Gasteiger partial charge in [-0.3, -0.25) is 0 Å². The van der Waals surface area contributed by atoms with E-state index in [1.54, 1.807) is 9.36 Å². The lowest BCUT2D eigenvalue weighted by atomic mass is 10.3. The normalized spacial score (nSPS) is 10.8. The van der Waals surface area contributed by atoms with Gasteiger partial charge >= 0.3 is 0 Å². The Bertz CT molecular complexity index is 676. The van der Waals surface area contributed by atoms with Crippen LogP contribution in [0.3, 0.4) is 0 Å². The van der Waals surface area contributed by atoms with Crippen molar-refractivity contribution < 1.29 is 0 Å². The molecule has 0 spiro atoms. The van der Waals surface area contributed by atoms with Crippen molar-refractivity contribution in [1.29, 1.82) is 0 Å². The van der Waals surface area contributed by atoms with Crippen LogP contribution in [0.2, 0.25) is 0 Å². The summed E-state index contributed by atoms with van der Waals surface area (Å²) >= 11 is 5.68. The molecule has 0 aliphatic heterocycles. The molecule has 7 nitrogen and oxygen atoms in total. The molecule has 0 saturated heterocycles. The Kier molecular flexibility index (Phi) is 3.69. The van der Waals surface area contributed by atoms with Crippen LogP contribution in [0.1, 0.15) is 11.5 Å². The molecule has 1 aromatic carbocycles. The van der Waals surface area contributed by atoms with Crippen LogP contribution in [0.4, 0.5) is 0 Å². The highest BCUT2D eigenvalue weighted by molar-refractivity contribution is 6.17. The molecule has 0 unspecified atom stereocenters. The van der Waals surface area contributed by atoms with Crippen molar-refractivity contribution >= 4 is 11.6 Å². The summed E-state index contributed by atoms with van der Waals surface area (Å²) in [6.07, 6.45) is 2.55. The molecule has 8 heteroatoms. The zero-order chi connectivity index (χ0) is 13.8. The first-order valence-electron chi connectivity index (χ1n) is 6.14. The number of halogens is 1. The highest BCUT2D eigenvalue weighted by atomic mass is 35.5. The SMILES string of the molecule is ClCCc1cn(Cc2nnnn2-c2ccccc2)nn1. The molecule has 0 aliphatic carbocycles. The Morgan fingerprint density at radius 1 is 1.05 bits per heavy atom. The van der Waals surface area contributed by atoms with Crippen LogP contribution < -0.4 is 0 Å². The molecule has 0 saturated carbocycles. The second kappa shape index (κ2) is 5.79. The maximum atomic E-state index is 5.68. The first-order chi connectivity index (χ1) is 9.86. The van der Waals surface area contributed by atoms with E-state index in [0.717, 1.165) is 11.4 Å². The molecule has 0 amide bonds. The van der Waals surface area contributed by atoms with Crippen LogP contribution in [0.25, 0.3) is 5.69 Å². The van der Waals surface area contributed by atoms with Crippen LogP contribution in [-0.2, 0) is 13.0 Å². The van der Waals surface area contributed by atoms with Gasteiger partial charge in [-0.15, -0.1) is 21.8 Å². The summed E-state index contributed by atoms with van der Waals surface area (Å²) in [4.78, 5) is 0. The quantitative estimate of drug-likeness (QED) is 0.657. The van der Waals surface area contributed by atoms with E-state index >= 15 is 0 Å². The Morgan fingerprint density at radius 2 is 1.90 bits per heavy atom. The molecule has 0 atom stereocenters. The van der Waals surface area contributed by atoms with Gasteiger partial charge in [-0.1, -0.05) is 23.4 Å². The van der Waals surface area contributed by atoms with Gasteiger partial charge in [-0.05, 0) is 22.6 Å². The largest absolute Gasteiger partial charge is 0.245 e. The van der Waals surface area contributed by atoms with Gasteiger partial charge in [0.1, 0.15) is 6.54 Å². The number of hydrogen-bond acceptors (Lipinski definition) is 5. The fourth-order valence-corrected chi connectivity index (χ4v) is 2.04. The molecule has 102 valence electrons. The molecule has 0 fully saturated rings. The second-order valence-electron chi connectivity index (χ2n) is 4.19. The maximum Gasteiger partial charge on any atom is 0.178 e. The molecule has 3 aromatic rings. The smallest absolute Gasteiger partial charge is 0.178 e. The number of nitrogens with zero attached hydrogens (tertiary/aromatic N) is 7. The van der Waals surface area contributed by atoms with E-state index in [2.05, 4.69) is 25.8 Å². The summed E-state index contributed by atoms with van der Waals surface area (Å²) in [6, 6.07) is 9.72. The highest BCUT2D eigenvalue weighted by Gasteiger charge is 2.10. The van der Waals surface area contributed by atoms with Crippen molar-refractivity contribution in [3.05, 3.63) is 48.0 Å². The summed E-state index contributed by atoms with van der Waals surface area (Å²) in [6.45, 7) is 0.456. The van der Waals surface area contributed by atoms with Gasteiger partial charge < -0.3 is 0 Å². The van der Waals surface area contributed by atoms with Gasteiger partial charge in [0.2, 0.25) is 0 Å². The van der Waals surface area contributed by atoms with E-state index in [9.17, 15) is 0 Å². The maximum absolute atomic E-state index is 5.68. The number of rotatable bonds is 5. The summed E-state index contributed by atoms with van der Waals surface area (Å²) < 4.78 is 3.38. The van der Waals surface area contributed by atoms with E-state index in [1.165, 1.54) is 0 Å². The van der Waals surface area contributed by atoms with Gasteiger partial charge in [0, 0.05) is 18.5 Å². The van der Waals surface area contributed by atoms with E-state index < -0.39 is 0 Å². The van der Waals surface area contributed by atoms with Crippen LogP contribution in [-0.4, -0.2) is 41.1 Å². The molecular formula is C12H12ClN7. The molecule has 0 radical (unpaired) electrons. The number of aromatic nitrogens is 7. The molecule has 20 heavy (non-hydrogen) atoms. The lowest BCUT2D eigenvalue weighted by Gasteiger charge is -2.03.